The number of rotatable bonds is 3. The van der Waals surface area contributed by atoms with Crippen molar-refractivity contribution < 1.29 is 39.9 Å². The fraction of sp³-hybridized carbons (Fsp3) is 0.391. The largest absolute Gasteiger partial charge is 0.508 e. The van der Waals surface area contributed by atoms with Crippen LogP contribution in [0.25, 0.3) is 5.76 Å². The molecule has 3 unspecified atom stereocenters. The number of hydrogen-bond acceptors (Lipinski definition) is 10. The second-order valence-corrected chi connectivity index (χ2v) is 9.92. The number of hydrogen-bond donors (Lipinski definition) is 8. The first-order valence-electron chi connectivity index (χ1n) is 10.9. The zero-order chi connectivity index (χ0) is 27.0. The molecule has 0 aliphatic heterocycles. The molecule has 0 radical (unpaired) electrons. The quantitative estimate of drug-likeness (QED) is 0.136. The summed E-state index contributed by atoms with van der Waals surface area (Å²) in [7, 11) is 2.89. The molecule has 3 aliphatic carbocycles. The van der Waals surface area contributed by atoms with E-state index in [-0.39, 0.29) is 22.8 Å². The van der Waals surface area contributed by atoms with E-state index in [2.05, 4.69) is 5.32 Å². The maximum Gasteiger partial charge on any atom is 0.255 e. The number of ketones is 2. The molecule has 0 aromatic heterocycles. The number of phenols is 1. The number of primary amides is 1. The van der Waals surface area contributed by atoms with E-state index in [1.165, 1.54) is 25.1 Å². The van der Waals surface area contributed by atoms with E-state index >= 15 is 0 Å². The highest BCUT2D eigenvalue weighted by Gasteiger charge is 2.67. The number of fused-ring (bicyclic) bond motifs is 3. The summed E-state index contributed by atoms with van der Waals surface area (Å²) in [5, 5.41) is 58.4. The summed E-state index contributed by atoms with van der Waals surface area (Å²) in [5.74, 6) is -8.77. The maximum absolute atomic E-state index is 13.8. The Bertz CT molecular complexity index is 1320. The van der Waals surface area contributed by atoms with Gasteiger partial charge in [0.2, 0.25) is 5.78 Å². The van der Waals surface area contributed by atoms with Crippen molar-refractivity contribution in [2.75, 3.05) is 19.4 Å². The number of amides is 1. The summed E-state index contributed by atoms with van der Waals surface area (Å²) in [6.45, 7) is 1.68. The van der Waals surface area contributed by atoms with Crippen LogP contribution in [0.2, 0.25) is 0 Å². The minimum atomic E-state index is -2.96. The van der Waals surface area contributed by atoms with Gasteiger partial charge in [0.05, 0.1) is 29.3 Å². The van der Waals surface area contributed by atoms with Gasteiger partial charge in [-0.1, -0.05) is 0 Å². The Morgan fingerprint density at radius 2 is 1.83 bits per heavy atom. The average Bonchev–Trinajstić information content (AvgIpc) is 2.76. The van der Waals surface area contributed by atoms with E-state index in [1.54, 1.807) is 6.92 Å². The lowest BCUT2D eigenvalue weighted by atomic mass is 9.56. The topological polar surface area (TPSA) is 220 Å². The third-order valence-corrected chi connectivity index (χ3v) is 7.39. The number of aryl methyl sites for hydroxylation is 1. The van der Waals surface area contributed by atoms with Crippen LogP contribution < -0.4 is 16.8 Å². The molecular formula is C23H26N4O8S. The summed E-state index contributed by atoms with van der Waals surface area (Å²) >= 11 is 4.82. The monoisotopic (exact) mass is 518 g/mol. The van der Waals surface area contributed by atoms with E-state index in [4.69, 9.17) is 23.7 Å². The van der Waals surface area contributed by atoms with Gasteiger partial charge in [0.1, 0.15) is 22.8 Å². The van der Waals surface area contributed by atoms with Crippen molar-refractivity contribution in [2.24, 2.45) is 23.3 Å². The van der Waals surface area contributed by atoms with Crippen molar-refractivity contribution in [3.05, 3.63) is 39.7 Å². The Morgan fingerprint density at radius 3 is 2.36 bits per heavy atom. The van der Waals surface area contributed by atoms with Crippen LogP contribution in [-0.2, 0) is 20.8 Å². The van der Waals surface area contributed by atoms with Crippen LogP contribution in [-0.4, -0.2) is 84.9 Å². The first-order chi connectivity index (χ1) is 16.7. The normalized spacial score (nSPS) is 29.6. The van der Waals surface area contributed by atoms with Gasteiger partial charge in [0.15, 0.2) is 16.5 Å². The molecule has 13 heteroatoms. The van der Waals surface area contributed by atoms with Crippen molar-refractivity contribution in [2.45, 2.75) is 31.1 Å². The minimum absolute atomic E-state index is 0.0531. The first-order valence-corrected chi connectivity index (χ1v) is 11.3. The van der Waals surface area contributed by atoms with Crippen LogP contribution in [0.3, 0.4) is 0 Å². The molecule has 192 valence electrons. The Hall–Kier alpha value is -3.52. The molecule has 3 aliphatic rings. The molecule has 0 spiro atoms. The Labute approximate surface area is 210 Å². The second-order valence-electron chi connectivity index (χ2n) is 9.48. The van der Waals surface area contributed by atoms with Crippen LogP contribution in [0.15, 0.2) is 23.0 Å². The fourth-order valence-corrected chi connectivity index (χ4v) is 5.85. The SMILES string of the molecule is Cc1cc(NC(N)=S)c(O)c2c1CC1C(=C2O)C(=O)[C@]2(O)C(O)=C(C(N)=O)C(=O)[C@@H](N(C)C)C2C1O. The van der Waals surface area contributed by atoms with Gasteiger partial charge < -0.3 is 42.3 Å². The standard InChI is InChI=1S/C23H26N4O8S/c1-6-4-9(26-22(25)36)16(29)10-7(6)5-8-11(17(10)30)19(32)23(35)13(15(8)28)14(27(2)3)18(31)12(20(23)33)21(24)34/h4,8,13-15,28-30,33,35H,5H2,1-3H3,(H2,24,34)(H3,25,26,36)/t8?,13?,14-,15?,23-/m0/s1. The molecule has 10 N–H and O–H groups in total. The molecule has 12 nitrogen and oxygen atoms in total. The van der Waals surface area contributed by atoms with Gasteiger partial charge in [-0.25, -0.2) is 0 Å². The van der Waals surface area contributed by atoms with Gasteiger partial charge in [-0.15, -0.1) is 0 Å². The van der Waals surface area contributed by atoms with Crippen LogP contribution in [0.5, 0.6) is 5.75 Å². The number of likely N-dealkylation sites (N-methyl/N-ethyl adjacent to an activating group) is 1. The molecular weight excluding hydrogens is 492 g/mol. The van der Waals surface area contributed by atoms with E-state index in [9.17, 15) is 39.9 Å². The number of phenolic OH excluding ortho intramolecular Hbond substituents is 1. The van der Waals surface area contributed by atoms with Crippen molar-refractivity contribution in [3.63, 3.8) is 0 Å². The van der Waals surface area contributed by atoms with Gasteiger partial charge in [0, 0.05) is 11.5 Å². The van der Waals surface area contributed by atoms with Crippen molar-refractivity contribution in [1.29, 1.82) is 0 Å². The summed E-state index contributed by atoms with van der Waals surface area (Å²) < 4.78 is 0. The molecule has 0 bridgehead atoms. The van der Waals surface area contributed by atoms with Crippen LogP contribution in [0.4, 0.5) is 5.69 Å². The number of carbonyl (C=O) groups is 3. The van der Waals surface area contributed by atoms with E-state index in [0.717, 1.165) is 0 Å². The zero-order valence-electron chi connectivity index (χ0n) is 19.6. The number of carbonyl (C=O) groups excluding carboxylic acids is 3. The molecule has 1 amide bonds. The number of nitrogens with two attached hydrogens (primary N) is 2. The number of nitrogens with one attached hydrogen (secondary N) is 1. The highest BCUT2D eigenvalue weighted by molar-refractivity contribution is 7.80. The number of thiocarbonyl (C=S) groups is 1. The maximum atomic E-state index is 13.8. The first kappa shape index (κ1) is 25.6. The predicted octanol–water partition coefficient (Wildman–Crippen LogP) is -1.10. The smallest absolute Gasteiger partial charge is 0.255 e. The molecule has 1 saturated carbocycles. The number of Topliss-reactive ketones (excluding diaryl/α,β-unsaturated/α-hetero) is 2. The van der Waals surface area contributed by atoms with Crippen molar-refractivity contribution in [3.8, 4) is 5.75 Å². The lowest BCUT2D eigenvalue weighted by Crippen LogP contribution is -2.70. The molecule has 1 fully saturated rings. The van der Waals surface area contributed by atoms with Crippen molar-refractivity contribution in [1.82, 2.24) is 4.90 Å². The van der Waals surface area contributed by atoms with Gasteiger partial charge in [-0.3, -0.25) is 19.3 Å². The molecule has 1 aromatic carbocycles. The number of nitrogens with zero attached hydrogens (tertiary/aromatic N) is 1. The number of aromatic hydroxyl groups is 1. The highest BCUT2D eigenvalue weighted by Crippen LogP contribution is 2.53. The van der Waals surface area contributed by atoms with E-state index in [0.29, 0.717) is 11.1 Å². The van der Waals surface area contributed by atoms with Gasteiger partial charge in [-0.2, -0.15) is 0 Å². The second kappa shape index (κ2) is 8.27. The van der Waals surface area contributed by atoms with Crippen LogP contribution >= 0.6 is 12.2 Å². The number of anilines is 1. The van der Waals surface area contributed by atoms with Gasteiger partial charge >= 0.3 is 0 Å². The third kappa shape index (κ3) is 3.24. The summed E-state index contributed by atoms with van der Waals surface area (Å²) in [5.41, 5.74) is 7.28. The Kier molecular flexibility index (Phi) is 5.87. The Balaban J connectivity index is 2.02. The molecule has 1 aromatic rings. The number of aliphatic hydroxyl groups is 4. The molecule has 4 rings (SSSR count). The summed E-state index contributed by atoms with van der Waals surface area (Å²) in [6.07, 6.45) is -1.69. The fourth-order valence-electron chi connectivity index (χ4n) is 5.74. The van der Waals surface area contributed by atoms with Crippen LogP contribution in [0.1, 0.15) is 16.7 Å². The molecule has 5 atom stereocenters. The average molecular weight is 519 g/mol. The van der Waals surface area contributed by atoms with E-state index < -0.39 is 75.5 Å². The molecule has 0 saturated heterocycles. The van der Waals surface area contributed by atoms with E-state index in [1.807, 2.05) is 0 Å². The summed E-state index contributed by atoms with van der Waals surface area (Å²) in [6, 6.07) is 0.128. The van der Waals surface area contributed by atoms with Gasteiger partial charge in [-0.05, 0) is 56.9 Å². The minimum Gasteiger partial charge on any atom is -0.508 e. The highest BCUT2D eigenvalue weighted by atomic mass is 32.1. The third-order valence-electron chi connectivity index (χ3n) is 7.28. The number of benzene rings is 1. The Morgan fingerprint density at radius 1 is 1.22 bits per heavy atom. The lowest BCUT2D eigenvalue weighted by Gasteiger charge is -2.52. The lowest BCUT2D eigenvalue weighted by molar-refractivity contribution is -0.168. The zero-order valence-corrected chi connectivity index (χ0v) is 20.4. The molecule has 0 heterocycles. The van der Waals surface area contributed by atoms with Gasteiger partial charge in [0.25, 0.3) is 5.91 Å². The van der Waals surface area contributed by atoms with Crippen molar-refractivity contribution >= 4 is 46.3 Å². The molecule has 36 heavy (non-hydrogen) atoms. The van der Waals surface area contributed by atoms with Crippen LogP contribution in [0, 0.1) is 18.8 Å². The predicted molar refractivity (Wildman–Crippen MR) is 131 cm³/mol. The number of aliphatic hydroxyl groups excluding tert-OH is 3. The summed E-state index contributed by atoms with van der Waals surface area (Å²) in [4.78, 5) is 40.2.